The Morgan fingerprint density at radius 1 is 0.598 bits per heavy atom. The maximum absolute atomic E-state index is 14.3. The lowest BCUT2D eigenvalue weighted by Gasteiger charge is -2.35. The molecule has 92 heavy (non-hydrogen) atoms. The molecule has 6 aliphatic heterocycles. The zero-order chi connectivity index (χ0) is 65.8. The molecule has 0 spiro atoms. The number of carbonyl (C=O) groups is 3. The molecule has 4 aromatic rings. The van der Waals surface area contributed by atoms with Gasteiger partial charge in [-0.05, 0) is 105 Å². The molecule has 0 aliphatic carbocycles. The van der Waals surface area contributed by atoms with Crippen LogP contribution in [0, 0.1) is 22.7 Å². The zero-order valence-electron chi connectivity index (χ0n) is 53.1. The van der Waals surface area contributed by atoms with Crippen molar-refractivity contribution in [3.05, 3.63) is 108 Å². The molecule has 4 fully saturated rings. The van der Waals surface area contributed by atoms with Crippen LogP contribution in [0.25, 0.3) is 0 Å². The molecule has 4 N–H and O–H groups in total. The first-order valence-corrected chi connectivity index (χ1v) is 33.9. The number of fused-ring (bicyclic) bond motifs is 4. The molecule has 6 aliphatic rings. The van der Waals surface area contributed by atoms with Crippen LogP contribution in [0.3, 0.4) is 0 Å². The molecule has 10 atom stereocenters. The SMILES string of the molecule is CC(=O)CCC(C)(C)CN(C[C@@H](O)[C@H](Cc1ccccc1)NC(=O)O[C@H]1CO[C@H]2OCC[C@H]21)S(=O)(=O)c1ccc2c(c1)OCO2.CO/N=C(\C)CCC(C)(C)CN(C[C@@H](O)[C@H](Cc1ccccc1)NC(=O)O[C@H]1CO[C@H]2OCC[C@H]21)S(=O)(=O)c1ccc2c(c1)OCO2. The average Bonchev–Trinajstić information content (AvgIpc) is 1.08. The molecule has 6 heterocycles. The fourth-order valence-electron chi connectivity index (χ4n) is 11.9. The second kappa shape index (κ2) is 31.1. The second-order valence-corrected chi connectivity index (χ2v) is 29.5. The molecule has 0 bridgehead atoms. The molecule has 0 radical (unpaired) electrons. The van der Waals surface area contributed by atoms with Crippen molar-refractivity contribution in [1.29, 1.82) is 0 Å². The topological polar surface area (TPSA) is 304 Å². The summed E-state index contributed by atoms with van der Waals surface area (Å²) < 4.78 is 115. The predicted molar refractivity (Wildman–Crippen MR) is 334 cm³/mol. The predicted octanol–water partition coefficient (Wildman–Crippen LogP) is 6.96. The summed E-state index contributed by atoms with van der Waals surface area (Å²) in [6.07, 6.45) is -2.02. The number of aliphatic hydroxyl groups is 2. The van der Waals surface area contributed by atoms with Gasteiger partial charge in [-0.2, -0.15) is 8.61 Å². The second-order valence-electron chi connectivity index (χ2n) is 25.6. The first kappa shape index (κ1) is 69.7. The van der Waals surface area contributed by atoms with Crippen LogP contribution in [0.15, 0.2) is 112 Å². The van der Waals surface area contributed by atoms with Gasteiger partial charge >= 0.3 is 12.2 Å². The van der Waals surface area contributed by atoms with E-state index in [0.29, 0.717) is 61.9 Å². The van der Waals surface area contributed by atoms with Crippen molar-refractivity contribution in [3.63, 3.8) is 0 Å². The van der Waals surface area contributed by atoms with Gasteiger partial charge in [-0.25, -0.2) is 26.4 Å². The van der Waals surface area contributed by atoms with Gasteiger partial charge in [-0.3, -0.25) is 0 Å². The lowest BCUT2D eigenvalue weighted by molar-refractivity contribution is -0.117. The number of nitrogens with zero attached hydrogens (tertiary/aromatic N) is 3. The summed E-state index contributed by atoms with van der Waals surface area (Å²) in [4.78, 5) is 43.0. The standard InChI is InChI=1S/C33H45N3O10S.C32H42N2O10S/c1-22(35-41-4)12-14-33(2,3)20-36(47(39,40)24-10-11-28-29(17-24)45-21-44-28)18-27(37)26(16-23-8-6-5-7-9-23)34-32(38)46-30-19-43-31-25(30)13-15-42-31;1-21(35)11-13-32(2,3)19-34(45(38,39)23-9-10-27-28(16-23)43-20-42-27)17-26(36)25(15-22-7-5-4-6-8-22)33-31(37)44-29-18-41-30-24(29)12-14-40-30/h5-11,17,25-27,30-31,37H,12-16,18-21H2,1-4H3,(H,34,38);4-10,16,24-26,29-30,36H,11-15,17-20H2,1-3H3,(H,33,37)/b35-22+;/t25-,26-,27+,30-,31+;24-,25-,26+,29-,30+/m00/s1. The number of benzene rings is 4. The van der Waals surface area contributed by atoms with Gasteiger partial charge in [-0.15, -0.1) is 0 Å². The number of hydrogen-bond donors (Lipinski definition) is 4. The lowest BCUT2D eigenvalue weighted by Crippen LogP contribution is -2.52. The van der Waals surface area contributed by atoms with E-state index in [4.69, 9.17) is 52.2 Å². The zero-order valence-corrected chi connectivity index (χ0v) is 54.8. The fraction of sp³-hybridized carbons (Fsp3) is 0.569. The van der Waals surface area contributed by atoms with Gasteiger partial charge < -0.3 is 77.8 Å². The van der Waals surface area contributed by atoms with Gasteiger partial charge in [0.05, 0.1) is 78.1 Å². The summed E-state index contributed by atoms with van der Waals surface area (Å²) >= 11 is 0. The number of amides is 2. The van der Waals surface area contributed by atoms with Crippen molar-refractivity contribution in [1.82, 2.24) is 19.2 Å². The third-order valence-electron chi connectivity index (χ3n) is 17.1. The van der Waals surface area contributed by atoms with E-state index in [-0.39, 0.29) is 106 Å². The first-order valence-electron chi connectivity index (χ1n) is 31.1. The summed E-state index contributed by atoms with van der Waals surface area (Å²) in [5, 5.41) is 33.0. The summed E-state index contributed by atoms with van der Waals surface area (Å²) in [6, 6.07) is 25.7. The average molecular weight is 1320 g/mol. The van der Waals surface area contributed by atoms with Crippen LogP contribution < -0.4 is 29.6 Å². The maximum atomic E-state index is 14.3. The largest absolute Gasteiger partial charge is 0.454 e. The summed E-state index contributed by atoms with van der Waals surface area (Å²) in [5.41, 5.74) is 1.32. The van der Waals surface area contributed by atoms with Crippen molar-refractivity contribution >= 4 is 43.7 Å². The lowest BCUT2D eigenvalue weighted by atomic mass is 9.86. The molecule has 25 nitrogen and oxygen atoms in total. The van der Waals surface area contributed by atoms with Gasteiger partial charge in [-0.1, -0.05) is 93.5 Å². The van der Waals surface area contributed by atoms with E-state index in [0.717, 1.165) is 23.3 Å². The Kier molecular flexibility index (Phi) is 23.5. The van der Waals surface area contributed by atoms with E-state index in [1.807, 2.05) is 95.3 Å². The normalized spacial score (nSPS) is 22.2. The minimum Gasteiger partial charge on any atom is -0.454 e. The highest BCUT2D eigenvalue weighted by Crippen LogP contribution is 2.39. The number of ether oxygens (including phenoxy) is 10. The number of alkyl carbamates (subject to hydrolysis) is 2. The van der Waals surface area contributed by atoms with Crippen molar-refractivity contribution in [3.8, 4) is 23.0 Å². The van der Waals surface area contributed by atoms with E-state index in [1.54, 1.807) is 6.07 Å². The van der Waals surface area contributed by atoms with Crippen molar-refractivity contribution < 1.29 is 93.6 Å². The maximum Gasteiger partial charge on any atom is 0.407 e. The van der Waals surface area contributed by atoms with Crippen molar-refractivity contribution in [2.45, 2.75) is 152 Å². The quantitative estimate of drug-likeness (QED) is 0.0315. The highest BCUT2D eigenvalue weighted by molar-refractivity contribution is 7.89. The molecule has 4 saturated heterocycles. The van der Waals surface area contributed by atoms with Crippen LogP contribution in [-0.2, 0) is 70.9 Å². The van der Waals surface area contributed by atoms with E-state index in [9.17, 15) is 41.4 Å². The molecule has 0 saturated carbocycles. The molecular weight excluding hydrogens is 1230 g/mol. The van der Waals surface area contributed by atoms with E-state index in [2.05, 4.69) is 15.8 Å². The van der Waals surface area contributed by atoms with Crippen LogP contribution in [0.2, 0.25) is 0 Å². The van der Waals surface area contributed by atoms with Crippen LogP contribution >= 0.6 is 0 Å². The van der Waals surface area contributed by atoms with E-state index >= 15 is 0 Å². The molecule has 0 unspecified atom stereocenters. The van der Waals surface area contributed by atoms with E-state index < -0.39 is 85.9 Å². The summed E-state index contributed by atoms with van der Waals surface area (Å²) in [5.74, 6) is 1.42. The van der Waals surface area contributed by atoms with Gasteiger partial charge in [0.1, 0.15) is 25.1 Å². The number of nitrogens with one attached hydrogen (secondary N) is 2. The number of aliphatic hydroxyl groups excluding tert-OH is 2. The fourth-order valence-corrected chi connectivity index (χ4v) is 15.3. The summed E-state index contributed by atoms with van der Waals surface area (Å²) in [7, 11) is -6.85. The van der Waals surface area contributed by atoms with Gasteiger partial charge in [0, 0.05) is 44.7 Å². The minimum absolute atomic E-state index is 0.00101. The van der Waals surface area contributed by atoms with Crippen molar-refractivity contribution in [2.24, 2.45) is 27.8 Å². The molecule has 0 aromatic heterocycles. The first-order chi connectivity index (χ1) is 43.9. The Morgan fingerprint density at radius 3 is 1.42 bits per heavy atom. The number of carbonyl (C=O) groups excluding carboxylic acids is 3. The number of hydrogen-bond acceptors (Lipinski definition) is 21. The number of sulfonamides is 2. The molecule has 4 aromatic carbocycles. The summed E-state index contributed by atoms with van der Waals surface area (Å²) in [6.45, 7) is 12.0. The van der Waals surface area contributed by atoms with Crippen LogP contribution in [0.4, 0.5) is 9.59 Å². The Bertz CT molecular complexity index is 3400. The number of ketones is 1. The molecular formula is C65H87N5O20S2. The number of Topliss-reactive ketones (excluding diaryl/α,β-unsaturated/α-hetero) is 1. The van der Waals surface area contributed by atoms with Gasteiger partial charge in [0.15, 0.2) is 35.6 Å². The molecule has 2 amide bonds. The van der Waals surface area contributed by atoms with Crippen LogP contribution in [0.5, 0.6) is 23.0 Å². The smallest absolute Gasteiger partial charge is 0.407 e. The highest BCUT2D eigenvalue weighted by atomic mass is 32.2. The third kappa shape index (κ3) is 18.6. The monoisotopic (exact) mass is 1320 g/mol. The molecule has 10 rings (SSSR count). The van der Waals surface area contributed by atoms with Crippen molar-refractivity contribution in [2.75, 3.05) is 73.3 Å². The van der Waals surface area contributed by atoms with E-state index in [1.165, 1.54) is 53.0 Å². The molecule has 27 heteroatoms. The number of oxime groups is 1. The highest BCUT2D eigenvalue weighted by Gasteiger charge is 2.46. The van der Waals surface area contributed by atoms with Gasteiger partial charge in [0.25, 0.3) is 0 Å². The third-order valence-corrected chi connectivity index (χ3v) is 20.8. The number of rotatable bonds is 29. The van der Waals surface area contributed by atoms with Crippen LogP contribution in [-0.4, -0.2) is 182 Å². The van der Waals surface area contributed by atoms with Gasteiger partial charge in [0.2, 0.25) is 33.6 Å². The Balaban J connectivity index is 0.000000218. The Morgan fingerprint density at radius 2 is 1.01 bits per heavy atom. The Hall–Kier alpha value is -6.66. The molecule has 504 valence electrons. The Labute approximate surface area is 538 Å². The van der Waals surface area contributed by atoms with Crippen LogP contribution in [0.1, 0.15) is 91.2 Å². The minimum atomic E-state index is -4.17.